The molecule has 2 amide bonds. The van der Waals surface area contributed by atoms with Crippen molar-refractivity contribution in [2.24, 2.45) is 0 Å². The number of urea groups is 1. The van der Waals surface area contributed by atoms with Gasteiger partial charge >= 0.3 is 6.03 Å². The summed E-state index contributed by atoms with van der Waals surface area (Å²) < 4.78 is 5.87. The molecule has 0 radical (unpaired) electrons. The Morgan fingerprint density at radius 2 is 1.90 bits per heavy atom. The number of rotatable bonds is 8. The van der Waals surface area contributed by atoms with Crippen molar-refractivity contribution in [3.63, 3.8) is 0 Å². The highest BCUT2D eigenvalue weighted by Crippen LogP contribution is 2.20. The first-order valence-corrected chi connectivity index (χ1v) is 10.6. The molecule has 1 heterocycles. The van der Waals surface area contributed by atoms with E-state index in [1.54, 1.807) is 0 Å². The first kappa shape index (κ1) is 21.7. The summed E-state index contributed by atoms with van der Waals surface area (Å²) in [4.78, 5) is 15.0. The summed E-state index contributed by atoms with van der Waals surface area (Å²) in [5, 5.41) is 14.8. The molecule has 0 spiro atoms. The molecule has 0 aliphatic carbocycles. The third-order valence-electron chi connectivity index (χ3n) is 5.33. The molecule has 6 nitrogen and oxygen atoms in total. The fraction of sp³-hybridized carbons (Fsp3) is 0.417. The zero-order valence-electron chi connectivity index (χ0n) is 17.6. The van der Waals surface area contributed by atoms with Crippen LogP contribution in [0.1, 0.15) is 37.3 Å². The van der Waals surface area contributed by atoms with Gasteiger partial charge in [-0.1, -0.05) is 37.3 Å². The Balaban J connectivity index is 1.51. The van der Waals surface area contributed by atoms with Crippen molar-refractivity contribution in [2.45, 2.75) is 45.3 Å². The lowest BCUT2D eigenvalue weighted by Gasteiger charge is -2.32. The highest BCUT2D eigenvalue weighted by atomic mass is 16.5. The van der Waals surface area contributed by atoms with Gasteiger partial charge in [0.2, 0.25) is 0 Å². The fourth-order valence-electron chi connectivity index (χ4n) is 3.68. The van der Waals surface area contributed by atoms with E-state index in [-0.39, 0.29) is 12.1 Å². The summed E-state index contributed by atoms with van der Waals surface area (Å²) in [6.45, 7) is 5.76. The average molecular weight is 407 g/mol. The number of carbonyl (C=O) groups is 1. The minimum Gasteiger partial charge on any atom is -0.489 e. The molecule has 0 atom stereocenters. The maximum atomic E-state index is 12.5. The van der Waals surface area contributed by atoms with Crippen molar-refractivity contribution in [3.05, 3.63) is 59.7 Å². The molecule has 2 aromatic carbocycles. The number of ether oxygens (including phenoxy) is 1. The monoisotopic (exact) mass is 406 g/mol. The normalized spacial score (nSPS) is 14.7. The Kier molecular flexibility index (Phi) is 8.10. The number of carbonyl (C=O) groups excluding carboxylic acids is 1. The number of nitrogens with one attached hydrogen (secondary N) is 2. The number of hydrogen-bond donors (Lipinski definition) is 2. The predicted octanol–water partition coefficient (Wildman–Crippen LogP) is 4.33. The first-order chi connectivity index (χ1) is 14.7. The largest absolute Gasteiger partial charge is 0.489 e. The minimum absolute atomic E-state index is 0.169. The zero-order chi connectivity index (χ0) is 21.2. The van der Waals surface area contributed by atoms with E-state index < -0.39 is 0 Å². The molecule has 1 aliphatic rings. The molecule has 2 N–H and O–H groups in total. The van der Waals surface area contributed by atoms with Crippen molar-refractivity contribution < 1.29 is 9.53 Å². The van der Waals surface area contributed by atoms with Crippen molar-refractivity contribution in [1.82, 2.24) is 10.2 Å². The van der Waals surface area contributed by atoms with Gasteiger partial charge in [-0.25, -0.2) is 4.79 Å². The van der Waals surface area contributed by atoms with Crippen LogP contribution in [-0.4, -0.2) is 36.6 Å². The molecule has 1 aliphatic heterocycles. The third kappa shape index (κ3) is 6.50. The Bertz CT molecular complexity index is 852. The summed E-state index contributed by atoms with van der Waals surface area (Å²) >= 11 is 0. The second-order valence-corrected chi connectivity index (χ2v) is 7.64. The lowest BCUT2D eigenvalue weighted by Crippen LogP contribution is -2.46. The molecule has 1 fully saturated rings. The summed E-state index contributed by atoms with van der Waals surface area (Å²) in [6.07, 6.45) is 3.53. The van der Waals surface area contributed by atoms with Crippen LogP contribution in [0.25, 0.3) is 0 Å². The second-order valence-electron chi connectivity index (χ2n) is 7.64. The maximum absolute atomic E-state index is 12.5. The van der Waals surface area contributed by atoms with Crippen LogP contribution in [0.2, 0.25) is 0 Å². The average Bonchev–Trinajstić information content (AvgIpc) is 2.76. The van der Waals surface area contributed by atoms with Gasteiger partial charge < -0.3 is 20.3 Å². The zero-order valence-corrected chi connectivity index (χ0v) is 17.6. The van der Waals surface area contributed by atoms with E-state index in [0.717, 1.165) is 55.0 Å². The molecular formula is C24H30N4O2. The van der Waals surface area contributed by atoms with E-state index in [2.05, 4.69) is 28.5 Å². The Morgan fingerprint density at radius 1 is 1.17 bits per heavy atom. The Labute approximate surface area is 178 Å². The molecule has 6 heteroatoms. The molecule has 30 heavy (non-hydrogen) atoms. The highest BCUT2D eigenvalue weighted by Gasteiger charge is 2.20. The van der Waals surface area contributed by atoms with E-state index in [1.165, 1.54) is 6.42 Å². The summed E-state index contributed by atoms with van der Waals surface area (Å²) in [5.74, 6) is 0.731. The van der Waals surface area contributed by atoms with Gasteiger partial charge in [0.15, 0.2) is 0 Å². The van der Waals surface area contributed by atoms with Gasteiger partial charge in [0.25, 0.3) is 0 Å². The maximum Gasteiger partial charge on any atom is 0.319 e. The quantitative estimate of drug-likeness (QED) is 0.684. The van der Waals surface area contributed by atoms with Gasteiger partial charge in [-0.3, -0.25) is 0 Å². The highest BCUT2D eigenvalue weighted by molar-refractivity contribution is 5.90. The van der Waals surface area contributed by atoms with Crippen molar-refractivity contribution in [2.75, 3.05) is 25.0 Å². The SMILES string of the molecule is CCCN1CCC(NC(=O)Nc2ccccc2COc2ccc(CC#N)cc2)CC1. The van der Waals surface area contributed by atoms with Gasteiger partial charge in [-0.2, -0.15) is 5.26 Å². The lowest BCUT2D eigenvalue weighted by atomic mass is 10.1. The lowest BCUT2D eigenvalue weighted by molar-refractivity contribution is 0.196. The topological polar surface area (TPSA) is 77.4 Å². The summed E-state index contributed by atoms with van der Waals surface area (Å²) in [5.41, 5.74) is 2.62. The smallest absolute Gasteiger partial charge is 0.319 e. The number of anilines is 1. The van der Waals surface area contributed by atoms with Gasteiger partial charge in [0.1, 0.15) is 12.4 Å². The van der Waals surface area contributed by atoms with Crippen LogP contribution in [0.3, 0.4) is 0 Å². The Morgan fingerprint density at radius 3 is 2.60 bits per heavy atom. The number of likely N-dealkylation sites (tertiary alicyclic amines) is 1. The number of para-hydroxylation sites is 1. The molecule has 2 aromatic rings. The number of piperidine rings is 1. The molecular weight excluding hydrogens is 376 g/mol. The van der Waals surface area contributed by atoms with Gasteiger partial charge in [0, 0.05) is 30.4 Å². The van der Waals surface area contributed by atoms with E-state index in [1.807, 2.05) is 48.5 Å². The van der Waals surface area contributed by atoms with Crippen LogP contribution in [0, 0.1) is 11.3 Å². The molecule has 158 valence electrons. The summed E-state index contributed by atoms with van der Waals surface area (Å²) in [7, 11) is 0. The molecule has 0 bridgehead atoms. The van der Waals surface area contributed by atoms with Crippen LogP contribution in [0.15, 0.2) is 48.5 Å². The summed E-state index contributed by atoms with van der Waals surface area (Å²) in [6, 6.07) is 17.4. The third-order valence-corrected chi connectivity index (χ3v) is 5.33. The minimum atomic E-state index is -0.169. The van der Waals surface area contributed by atoms with Gasteiger partial charge in [-0.05, 0) is 49.6 Å². The standard InChI is InChI=1S/C24H30N4O2/c1-2-15-28-16-12-21(13-17-28)26-24(29)27-23-6-4-3-5-20(23)18-30-22-9-7-19(8-10-22)11-14-25/h3-10,21H,2,11-13,15-18H2,1H3,(H2,26,27,29). The van der Waals surface area contributed by atoms with E-state index in [9.17, 15) is 4.79 Å². The number of hydrogen-bond acceptors (Lipinski definition) is 4. The van der Waals surface area contributed by atoms with Gasteiger partial charge in [-0.15, -0.1) is 0 Å². The number of amides is 2. The number of benzene rings is 2. The Hall–Kier alpha value is -3.04. The predicted molar refractivity (Wildman–Crippen MR) is 118 cm³/mol. The van der Waals surface area contributed by atoms with E-state index in [4.69, 9.17) is 10.00 Å². The molecule has 3 rings (SSSR count). The van der Waals surface area contributed by atoms with Crippen molar-refractivity contribution >= 4 is 11.7 Å². The van der Waals surface area contributed by atoms with Crippen LogP contribution in [0.4, 0.5) is 10.5 Å². The molecule has 1 saturated heterocycles. The molecule has 0 saturated carbocycles. The van der Waals surface area contributed by atoms with Crippen LogP contribution < -0.4 is 15.4 Å². The van der Waals surface area contributed by atoms with Gasteiger partial charge in [0.05, 0.1) is 12.5 Å². The van der Waals surface area contributed by atoms with Crippen molar-refractivity contribution in [3.8, 4) is 11.8 Å². The number of nitriles is 1. The van der Waals surface area contributed by atoms with Crippen LogP contribution in [-0.2, 0) is 13.0 Å². The fourth-order valence-corrected chi connectivity index (χ4v) is 3.68. The molecule has 0 unspecified atom stereocenters. The van der Waals surface area contributed by atoms with Crippen LogP contribution in [0.5, 0.6) is 5.75 Å². The first-order valence-electron chi connectivity index (χ1n) is 10.6. The van der Waals surface area contributed by atoms with Crippen molar-refractivity contribution in [1.29, 1.82) is 5.26 Å². The number of nitrogens with zero attached hydrogens (tertiary/aromatic N) is 2. The van der Waals surface area contributed by atoms with E-state index >= 15 is 0 Å². The van der Waals surface area contributed by atoms with Crippen LogP contribution >= 0.6 is 0 Å². The molecule has 0 aromatic heterocycles. The second kappa shape index (κ2) is 11.2. The van der Waals surface area contributed by atoms with E-state index in [0.29, 0.717) is 13.0 Å².